The molecule has 1 saturated heterocycles. The summed E-state index contributed by atoms with van der Waals surface area (Å²) >= 11 is 0. The Morgan fingerprint density at radius 1 is 0.456 bits per heavy atom. The third kappa shape index (κ3) is 17.7. The van der Waals surface area contributed by atoms with Crippen LogP contribution in [0.15, 0.2) is 48.5 Å². The number of nitrogens with zero attached hydrogens (tertiary/aromatic N) is 4. The molecule has 1 fully saturated rings. The zero-order valence-corrected chi connectivity index (χ0v) is 43.2. The van der Waals surface area contributed by atoms with E-state index in [9.17, 15) is 28.8 Å². The van der Waals surface area contributed by atoms with Crippen molar-refractivity contribution in [2.45, 2.75) is 156 Å². The van der Waals surface area contributed by atoms with Crippen LogP contribution < -0.4 is 11.5 Å². The number of hydrogen-bond acceptors (Lipinski definition) is 14. The summed E-state index contributed by atoms with van der Waals surface area (Å²) in [5.74, 6) is -3.84. The highest BCUT2D eigenvalue weighted by Crippen LogP contribution is 2.24. The lowest BCUT2D eigenvalue weighted by Crippen LogP contribution is -2.53. The molecular formula is C52H82N6O10. The first kappa shape index (κ1) is 57.1. The molecule has 3 rings (SSSR count). The van der Waals surface area contributed by atoms with Gasteiger partial charge < -0.3 is 40.2 Å². The molecular weight excluding hydrogens is 869 g/mol. The maximum atomic E-state index is 14.7. The zero-order chi connectivity index (χ0) is 51.2. The molecule has 8 atom stereocenters. The number of cyclic esters (lactones) is 4. The van der Waals surface area contributed by atoms with E-state index in [0.717, 1.165) is 0 Å². The van der Waals surface area contributed by atoms with Crippen molar-refractivity contribution in [2.24, 2.45) is 23.7 Å². The molecule has 0 saturated carbocycles. The third-order valence-electron chi connectivity index (χ3n) is 12.2. The minimum atomic E-state index is -1.33. The van der Waals surface area contributed by atoms with Gasteiger partial charge in [-0.05, 0) is 113 Å². The Labute approximate surface area is 405 Å². The number of nitrogen functional groups attached to an aromatic ring is 2. The van der Waals surface area contributed by atoms with E-state index < -0.39 is 84.3 Å². The van der Waals surface area contributed by atoms with Crippen molar-refractivity contribution in [3.8, 4) is 0 Å². The molecule has 0 spiro atoms. The second-order valence-corrected chi connectivity index (χ2v) is 20.6. The average Bonchev–Trinajstić information content (AvgIpc) is 3.24. The Morgan fingerprint density at radius 2 is 0.721 bits per heavy atom. The molecule has 16 nitrogen and oxygen atoms in total. The molecule has 0 radical (unpaired) electrons. The first-order valence-corrected chi connectivity index (χ1v) is 24.2. The van der Waals surface area contributed by atoms with Gasteiger partial charge in [0.15, 0.2) is 12.2 Å². The molecule has 0 unspecified atom stereocenters. The van der Waals surface area contributed by atoms with Crippen molar-refractivity contribution in [3.05, 3.63) is 59.7 Å². The number of rotatable bonds is 12. The normalized spacial score (nSPS) is 25.7. The van der Waals surface area contributed by atoms with Crippen molar-refractivity contribution < 1.29 is 47.7 Å². The molecule has 2 aromatic rings. The van der Waals surface area contributed by atoms with E-state index in [4.69, 9.17) is 30.4 Å². The first-order chi connectivity index (χ1) is 31.8. The minimum Gasteiger partial charge on any atom is -0.460 e. The predicted molar refractivity (Wildman–Crippen MR) is 264 cm³/mol. The highest BCUT2D eigenvalue weighted by atomic mass is 16.6. The van der Waals surface area contributed by atoms with Crippen molar-refractivity contribution in [1.29, 1.82) is 0 Å². The Hall–Kier alpha value is -5.22. The highest BCUT2D eigenvalue weighted by Gasteiger charge is 2.40. The van der Waals surface area contributed by atoms with Crippen LogP contribution >= 0.6 is 0 Å². The fourth-order valence-electron chi connectivity index (χ4n) is 8.51. The van der Waals surface area contributed by atoms with E-state index in [1.54, 1.807) is 86.3 Å². The summed E-state index contributed by atoms with van der Waals surface area (Å²) < 4.78 is 24.6. The Balaban J connectivity index is 2.19. The Morgan fingerprint density at radius 3 is 1.00 bits per heavy atom. The molecule has 1 heterocycles. The molecule has 16 heteroatoms. The topological polar surface area (TPSA) is 204 Å². The summed E-state index contributed by atoms with van der Waals surface area (Å²) in [6, 6.07) is 10.0. The van der Waals surface area contributed by atoms with Crippen LogP contribution in [-0.2, 0) is 60.6 Å². The van der Waals surface area contributed by atoms with Gasteiger partial charge in [-0.1, -0.05) is 79.7 Å². The van der Waals surface area contributed by atoms with Crippen LogP contribution in [0.25, 0.3) is 0 Å². The van der Waals surface area contributed by atoms with E-state index in [0.29, 0.717) is 35.3 Å². The molecule has 4 N–H and O–H groups in total. The lowest BCUT2D eigenvalue weighted by molar-refractivity contribution is -0.171. The molecule has 1 aliphatic rings. The van der Waals surface area contributed by atoms with Crippen molar-refractivity contribution >= 4 is 47.1 Å². The van der Waals surface area contributed by atoms with Crippen LogP contribution in [0, 0.1) is 23.7 Å². The van der Waals surface area contributed by atoms with E-state index >= 15 is 0 Å². The van der Waals surface area contributed by atoms with Crippen LogP contribution in [0.3, 0.4) is 0 Å². The Kier molecular flexibility index (Phi) is 22.3. The van der Waals surface area contributed by atoms with Crippen LogP contribution in [0.2, 0.25) is 0 Å². The SMILES string of the molecule is CC(C)C[C@H]1C(=O)O[C@H](Cc2ccc(N)cc2)C(=O)N(C)[C@@H](CC(C)C)C(=O)O[C@H](C)CN(C)[C@@H](CC(C)C)C(=O)O[C@H](Cc2ccc(N)cc2)C(=O)N(C)[C@@H](CC(C)C)C(=O)O[C@H](C)CN1C. The minimum absolute atomic E-state index is 0.00359. The van der Waals surface area contributed by atoms with Gasteiger partial charge in [0.25, 0.3) is 11.8 Å². The van der Waals surface area contributed by atoms with E-state index in [1.807, 2.05) is 55.4 Å². The summed E-state index contributed by atoms with van der Waals surface area (Å²) in [5, 5.41) is 0. The second kappa shape index (κ2) is 26.5. The number of ether oxygens (including phenoxy) is 4. The van der Waals surface area contributed by atoms with Crippen LogP contribution in [0.5, 0.6) is 0 Å². The van der Waals surface area contributed by atoms with Gasteiger partial charge >= 0.3 is 23.9 Å². The number of benzene rings is 2. The lowest BCUT2D eigenvalue weighted by Gasteiger charge is -2.35. The number of anilines is 2. The monoisotopic (exact) mass is 951 g/mol. The van der Waals surface area contributed by atoms with Gasteiger partial charge in [-0.15, -0.1) is 0 Å². The molecule has 2 aromatic carbocycles. The molecule has 0 aliphatic carbocycles. The predicted octanol–water partition coefficient (Wildman–Crippen LogP) is 5.78. The largest absolute Gasteiger partial charge is 0.460 e. The van der Waals surface area contributed by atoms with Gasteiger partial charge in [0, 0.05) is 51.4 Å². The zero-order valence-electron chi connectivity index (χ0n) is 43.2. The molecule has 68 heavy (non-hydrogen) atoms. The van der Waals surface area contributed by atoms with Crippen LogP contribution in [0.4, 0.5) is 11.4 Å². The van der Waals surface area contributed by atoms with Crippen LogP contribution in [0.1, 0.15) is 106 Å². The number of hydrogen-bond donors (Lipinski definition) is 2. The smallest absolute Gasteiger partial charge is 0.329 e. The maximum Gasteiger partial charge on any atom is 0.329 e. The quantitative estimate of drug-likeness (QED) is 0.147. The summed E-state index contributed by atoms with van der Waals surface area (Å²) in [6.07, 6.45) is -2.99. The van der Waals surface area contributed by atoms with Gasteiger partial charge in [0.05, 0.1) is 0 Å². The standard InChI is InChI=1S/C52H82N6O10/c1-31(2)23-41-49(61)67-45(27-37-15-19-39(53)20-16-37)47(59)57(13)44(26-34(7)8)52(64)66-36(10)30-56(12)42(24-32(3)4)50(62)68-46(28-38-17-21-40(54)22-18-38)48(60)58(14)43(25-33(5)6)51(63)65-35(9)29-55(41)11/h15-22,31-36,41-46H,23-30,53-54H2,1-14H3/t35-,36-,41+,42+,43+,44+,45-,46-/m1/s1. The van der Waals surface area contributed by atoms with Gasteiger partial charge in [-0.3, -0.25) is 29.0 Å². The molecule has 0 bridgehead atoms. The van der Waals surface area contributed by atoms with Crippen molar-refractivity contribution in [1.82, 2.24) is 19.6 Å². The van der Waals surface area contributed by atoms with Gasteiger partial charge in [0.2, 0.25) is 0 Å². The first-order valence-electron chi connectivity index (χ1n) is 24.2. The summed E-state index contributed by atoms with van der Waals surface area (Å²) in [4.78, 5) is 92.9. The summed E-state index contributed by atoms with van der Waals surface area (Å²) in [6.45, 7) is 19.2. The molecule has 380 valence electrons. The van der Waals surface area contributed by atoms with E-state index in [-0.39, 0.29) is 62.4 Å². The Bertz CT molecular complexity index is 1820. The van der Waals surface area contributed by atoms with Crippen molar-refractivity contribution in [3.63, 3.8) is 0 Å². The second-order valence-electron chi connectivity index (χ2n) is 20.6. The maximum absolute atomic E-state index is 14.7. The number of esters is 4. The number of nitrogens with two attached hydrogens (primary N) is 2. The number of likely N-dealkylation sites (N-methyl/N-ethyl adjacent to an activating group) is 4. The van der Waals surface area contributed by atoms with E-state index in [1.165, 1.54) is 23.9 Å². The lowest BCUT2D eigenvalue weighted by atomic mass is 10.00. The molecule has 1 aliphatic heterocycles. The van der Waals surface area contributed by atoms with Crippen molar-refractivity contribution in [2.75, 3.05) is 52.7 Å². The highest BCUT2D eigenvalue weighted by molar-refractivity contribution is 5.90. The third-order valence-corrected chi connectivity index (χ3v) is 12.2. The van der Waals surface area contributed by atoms with Gasteiger partial charge in [-0.25, -0.2) is 9.59 Å². The summed E-state index contributed by atoms with van der Waals surface area (Å²) in [5.41, 5.74) is 14.4. The van der Waals surface area contributed by atoms with Gasteiger partial charge in [0.1, 0.15) is 36.4 Å². The number of carbonyl (C=O) groups excluding carboxylic acids is 6. The molecule has 2 amide bonds. The number of amides is 2. The molecule has 0 aromatic heterocycles. The van der Waals surface area contributed by atoms with Crippen LogP contribution in [-0.4, -0.2) is 145 Å². The fourth-order valence-corrected chi connectivity index (χ4v) is 8.51. The number of carbonyl (C=O) groups is 6. The van der Waals surface area contributed by atoms with E-state index in [2.05, 4.69) is 0 Å². The summed E-state index contributed by atoms with van der Waals surface area (Å²) in [7, 11) is 6.47. The fraction of sp³-hybridized carbons (Fsp3) is 0.654. The average molecular weight is 951 g/mol. The van der Waals surface area contributed by atoms with Gasteiger partial charge in [-0.2, -0.15) is 0 Å².